The molecule has 2 aliphatic heterocycles. The van der Waals surface area contributed by atoms with Crippen molar-refractivity contribution in [3.8, 4) is 0 Å². The summed E-state index contributed by atoms with van der Waals surface area (Å²) in [6.45, 7) is 6.37. The molecule has 2 heterocycles. The minimum Gasteiger partial charge on any atom is -0.362 e. The fourth-order valence-electron chi connectivity index (χ4n) is 4.71. The molecule has 4 nitrogen and oxygen atoms in total. The van der Waals surface area contributed by atoms with Crippen LogP contribution in [0.25, 0.3) is 0 Å². The van der Waals surface area contributed by atoms with Crippen LogP contribution in [0.1, 0.15) is 49.4 Å². The van der Waals surface area contributed by atoms with Crippen molar-refractivity contribution in [2.75, 3.05) is 26.7 Å². The number of amides is 1. The molecule has 0 bridgehead atoms. The molecule has 0 saturated carbocycles. The number of fused-ring (bicyclic) bond motifs is 1. The highest BCUT2D eigenvalue weighted by Crippen LogP contribution is 2.37. The second-order valence-corrected chi connectivity index (χ2v) is 9.03. The van der Waals surface area contributed by atoms with Crippen molar-refractivity contribution >= 4 is 5.91 Å². The number of likely N-dealkylation sites (tertiary alicyclic amines) is 1. The lowest BCUT2D eigenvalue weighted by Crippen LogP contribution is -2.52. The highest BCUT2D eigenvalue weighted by molar-refractivity contribution is 5.85. The summed E-state index contributed by atoms with van der Waals surface area (Å²) >= 11 is 0. The summed E-state index contributed by atoms with van der Waals surface area (Å²) in [5.74, 6) is -0.281. The molecule has 0 spiro atoms. The van der Waals surface area contributed by atoms with Gasteiger partial charge in [0.25, 0.3) is 5.91 Å². The van der Waals surface area contributed by atoms with E-state index in [1.807, 2.05) is 30.9 Å². The van der Waals surface area contributed by atoms with Gasteiger partial charge >= 0.3 is 0 Å². The maximum Gasteiger partial charge on any atom is 0.255 e. The molecule has 30 heavy (non-hydrogen) atoms. The molecular weight excluding hydrogens is 379 g/mol. The predicted octanol–water partition coefficient (Wildman–Crippen LogP) is 4.19. The minimum atomic E-state index is -0.912. The van der Waals surface area contributed by atoms with Crippen LogP contribution in [0.4, 0.5) is 4.39 Å². The van der Waals surface area contributed by atoms with Gasteiger partial charge in [0, 0.05) is 19.6 Å². The van der Waals surface area contributed by atoms with Crippen LogP contribution in [0.2, 0.25) is 0 Å². The Labute approximate surface area is 178 Å². The lowest BCUT2D eigenvalue weighted by atomic mass is 9.87. The van der Waals surface area contributed by atoms with E-state index in [2.05, 4.69) is 24.1 Å². The van der Waals surface area contributed by atoms with Crippen molar-refractivity contribution in [3.63, 3.8) is 0 Å². The van der Waals surface area contributed by atoms with Crippen molar-refractivity contribution in [1.82, 2.24) is 9.80 Å². The van der Waals surface area contributed by atoms with E-state index >= 15 is 0 Å². The Morgan fingerprint density at radius 2 is 1.70 bits per heavy atom. The number of benzene rings is 2. The number of piperidine rings is 1. The van der Waals surface area contributed by atoms with E-state index in [0.717, 1.165) is 43.5 Å². The van der Waals surface area contributed by atoms with E-state index in [-0.39, 0.29) is 23.9 Å². The number of ether oxygens (including phenoxy) is 1. The number of halogens is 1. The summed E-state index contributed by atoms with van der Waals surface area (Å²) in [7, 11) is 2.12. The van der Waals surface area contributed by atoms with Crippen LogP contribution in [-0.4, -0.2) is 54.1 Å². The van der Waals surface area contributed by atoms with Crippen LogP contribution in [0, 0.1) is 5.82 Å². The topological polar surface area (TPSA) is 32.8 Å². The molecule has 0 aromatic heterocycles. The summed E-state index contributed by atoms with van der Waals surface area (Å²) in [6, 6.07) is 14.5. The van der Waals surface area contributed by atoms with E-state index in [1.54, 1.807) is 12.1 Å². The Hall–Kier alpha value is -2.24. The standard InChI is InChI=1S/C25H31FN2O2/c1-25(2,30-21-13-15-27(3)16-14-21)24(29)28-17-12-18-6-4-5-7-22(18)23(28)19-8-10-20(26)11-9-19/h4-11,21,23H,12-17H2,1-3H3/t23-/m0/s1. The Bertz CT molecular complexity index is 888. The van der Waals surface area contributed by atoms with Gasteiger partial charge in [0.15, 0.2) is 0 Å². The van der Waals surface area contributed by atoms with E-state index < -0.39 is 5.60 Å². The summed E-state index contributed by atoms with van der Waals surface area (Å²) in [5, 5.41) is 0. The van der Waals surface area contributed by atoms with E-state index in [4.69, 9.17) is 4.74 Å². The molecule has 0 N–H and O–H groups in total. The smallest absolute Gasteiger partial charge is 0.255 e. The highest BCUT2D eigenvalue weighted by atomic mass is 19.1. The first kappa shape index (κ1) is 21.0. The van der Waals surface area contributed by atoms with Crippen molar-refractivity contribution < 1.29 is 13.9 Å². The van der Waals surface area contributed by atoms with Crippen molar-refractivity contribution in [2.45, 2.75) is 50.9 Å². The fourth-order valence-corrected chi connectivity index (χ4v) is 4.71. The first-order valence-electron chi connectivity index (χ1n) is 10.9. The summed E-state index contributed by atoms with van der Waals surface area (Å²) in [6.07, 6.45) is 2.79. The third kappa shape index (κ3) is 4.28. The minimum absolute atomic E-state index is 0.00902. The zero-order valence-electron chi connectivity index (χ0n) is 18.1. The third-order valence-corrected chi connectivity index (χ3v) is 6.37. The van der Waals surface area contributed by atoms with Gasteiger partial charge in [-0.25, -0.2) is 4.39 Å². The molecule has 2 aromatic rings. The van der Waals surface area contributed by atoms with Gasteiger partial charge in [-0.05, 0) is 69.0 Å². The fraction of sp³-hybridized carbons (Fsp3) is 0.480. The number of carbonyl (C=O) groups excluding carboxylic acids is 1. The number of carbonyl (C=O) groups is 1. The Kier molecular flexibility index (Phi) is 5.94. The van der Waals surface area contributed by atoms with Crippen LogP contribution in [0.5, 0.6) is 0 Å². The molecule has 0 aliphatic carbocycles. The Morgan fingerprint density at radius 3 is 2.40 bits per heavy atom. The molecule has 0 unspecified atom stereocenters. The predicted molar refractivity (Wildman–Crippen MR) is 116 cm³/mol. The maximum atomic E-state index is 13.7. The van der Waals surface area contributed by atoms with E-state index in [9.17, 15) is 9.18 Å². The summed E-state index contributed by atoms with van der Waals surface area (Å²) in [5.41, 5.74) is 2.36. The van der Waals surface area contributed by atoms with Gasteiger partial charge in [-0.3, -0.25) is 4.79 Å². The monoisotopic (exact) mass is 410 g/mol. The lowest BCUT2D eigenvalue weighted by Gasteiger charge is -2.43. The lowest BCUT2D eigenvalue weighted by molar-refractivity contribution is -0.166. The third-order valence-electron chi connectivity index (χ3n) is 6.37. The molecule has 2 aliphatic rings. The number of rotatable bonds is 4. The molecule has 1 amide bonds. The van der Waals surface area contributed by atoms with Gasteiger partial charge in [-0.1, -0.05) is 36.4 Å². The first-order chi connectivity index (χ1) is 14.3. The SMILES string of the molecule is CN1CCC(OC(C)(C)C(=O)N2CCc3ccccc3[C@@H]2c2ccc(F)cc2)CC1. The maximum absolute atomic E-state index is 13.7. The van der Waals surface area contributed by atoms with Crippen LogP contribution in [0.15, 0.2) is 48.5 Å². The van der Waals surface area contributed by atoms with Gasteiger partial charge in [0.2, 0.25) is 0 Å². The second-order valence-electron chi connectivity index (χ2n) is 9.03. The van der Waals surface area contributed by atoms with E-state index in [0.29, 0.717) is 6.54 Å². The Balaban J connectivity index is 1.62. The molecular formula is C25H31FN2O2. The molecule has 0 radical (unpaired) electrons. The normalized spacial score (nSPS) is 20.8. The Morgan fingerprint density at radius 1 is 1.03 bits per heavy atom. The van der Waals surface area contributed by atoms with Crippen molar-refractivity contribution in [2.24, 2.45) is 0 Å². The van der Waals surface area contributed by atoms with E-state index in [1.165, 1.54) is 17.7 Å². The zero-order valence-corrected chi connectivity index (χ0v) is 18.1. The highest BCUT2D eigenvalue weighted by Gasteiger charge is 2.41. The van der Waals surface area contributed by atoms with Gasteiger partial charge in [0.1, 0.15) is 11.4 Å². The number of nitrogens with zero attached hydrogens (tertiary/aromatic N) is 2. The molecule has 5 heteroatoms. The first-order valence-corrected chi connectivity index (χ1v) is 10.9. The quantitative estimate of drug-likeness (QED) is 0.758. The largest absolute Gasteiger partial charge is 0.362 e. The molecule has 1 fully saturated rings. The average molecular weight is 411 g/mol. The molecule has 2 aromatic carbocycles. The van der Waals surface area contributed by atoms with Crippen LogP contribution in [0.3, 0.4) is 0 Å². The average Bonchev–Trinajstić information content (AvgIpc) is 2.74. The van der Waals surface area contributed by atoms with Gasteiger partial charge in [-0.2, -0.15) is 0 Å². The van der Waals surface area contributed by atoms with Crippen LogP contribution in [-0.2, 0) is 16.0 Å². The van der Waals surface area contributed by atoms with Gasteiger partial charge in [0.05, 0.1) is 12.1 Å². The van der Waals surface area contributed by atoms with Gasteiger partial charge in [-0.15, -0.1) is 0 Å². The second kappa shape index (κ2) is 8.48. The van der Waals surface area contributed by atoms with Gasteiger partial charge < -0.3 is 14.5 Å². The molecule has 4 rings (SSSR count). The summed E-state index contributed by atoms with van der Waals surface area (Å²) in [4.78, 5) is 17.9. The van der Waals surface area contributed by atoms with Crippen molar-refractivity contribution in [3.05, 3.63) is 71.0 Å². The summed E-state index contributed by atoms with van der Waals surface area (Å²) < 4.78 is 19.9. The van der Waals surface area contributed by atoms with Crippen LogP contribution < -0.4 is 0 Å². The molecule has 1 saturated heterocycles. The van der Waals surface area contributed by atoms with Crippen LogP contribution >= 0.6 is 0 Å². The molecule has 160 valence electrons. The molecule has 1 atom stereocenters. The zero-order chi connectivity index (χ0) is 21.3. The number of hydrogen-bond donors (Lipinski definition) is 0. The van der Waals surface area contributed by atoms with Crippen molar-refractivity contribution in [1.29, 1.82) is 0 Å². The number of hydrogen-bond acceptors (Lipinski definition) is 3.